The van der Waals surface area contributed by atoms with Gasteiger partial charge in [0.2, 0.25) is 21.8 Å². The van der Waals surface area contributed by atoms with Crippen LogP contribution in [0.25, 0.3) is 11.4 Å². The van der Waals surface area contributed by atoms with E-state index in [0.717, 1.165) is 48.1 Å². The van der Waals surface area contributed by atoms with Gasteiger partial charge < -0.3 is 15.0 Å². The molecule has 14 heteroatoms. The number of aryl methyl sites for hydroxylation is 1. The first-order valence-electron chi connectivity index (χ1n) is 20.0. The van der Waals surface area contributed by atoms with Crippen LogP contribution in [0.5, 0.6) is 0 Å². The van der Waals surface area contributed by atoms with Crippen molar-refractivity contribution in [3.05, 3.63) is 53.9 Å². The number of anilines is 2. The van der Waals surface area contributed by atoms with Crippen molar-refractivity contribution < 1.29 is 22.7 Å². The number of ether oxygens (including phenoxy) is 1. The van der Waals surface area contributed by atoms with E-state index < -0.39 is 10.0 Å². The minimum atomic E-state index is -3.25. The molecule has 0 saturated heterocycles. The van der Waals surface area contributed by atoms with Crippen LogP contribution in [0.3, 0.4) is 0 Å². The van der Waals surface area contributed by atoms with Crippen molar-refractivity contribution >= 4 is 50.4 Å². The second-order valence-electron chi connectivity index (χ2n) is 14.2. The lowest BCUT2D eigenvalue weighted by Gasteiger charge is -2.23. The fourth-order valence-corrected chi connectivity index (χ4v) is 6.85. The maximum Gasteiger partial charge on any atom is 0.306 e. The van der Waals surface area contributed by atoms with Gasteiger partial charge in [0.15, 0.2) is 5.82 Å². The van der Waals surface area contributed by atoms with Crippen LogP contribution < -0.4 is 14.9 Å². The quantitative estimate of drug-likeness (QED) is 0.0648. The first-order chi connectivity index (χ1) is 26.5. The van der Waals surface area contributed by atoms with Crippen LogP contribution in [0.1, 0.15) is 122 Å². The van der Waals surface area contributed by atoms with E-state index in [1.54, 1.807) is 12.1 Å². The van der Waals surface area contributed by atoms with Crippen molar-refractivity contribution in [3.8, 4) is 11.4 Å². The van der Waals surface area contributed by atoms with Gasteiger partial charge >= 0.3 is 5.97 Å². The number of carbonyl (C=O) groups excluding carboxylic acids is 2. The van der Waals surface area contributed by atoms with E-state index in [0.29, 0.717) is 48.5 Å². The van der Waals surface area contributed by atoms with Crippen molar-refractivity contribution in [2.45, 2.75) is 118 Å². The van der Waals surface area contributed by atoms with Gasteiger partial charge in [-0.2, -0.15) is 5.10 Å². The number of rotatable bonds is 25. The third kappa shape index (κ3) is 14.6. The summed E-state index contributed by atoms with van der Waals surface area (Å²) < 4.78 is 30.8. The molecule has 3 aromatic rings. The molecule has 300 valence electrons. The molecule has 0 spiro atoms. The molecular formula is C41H60N8O5S. The Labute approximate surface area is 327 Å². The van der Waals surface area contributed by atoms with E-state index in [-0.39, 0.29) is 24.7 Å². The molecule has 2 heterocycles. The van der Waals surface area contributed by atoms with Gasteiger partial charge in [0.05, 0.1) is 30.7 Å². The Morgan fingerprint density at radius 1 is 0.873 bits per heavy atom. The number of amides is 1. The van der Waals surface area contributed by atoms with E-state index in [1.807, 2.05) is 51.1 Å². The number of hydrogen-bond acceptors (Lipinski definition) is 10. The Morgan fingerprint density at radius 2 is 1.53 bits per heavy atom. The third-order valence-corrected chi connectivity index (χ3v) is 10.3. The van der Waals surface area contributed by atoms with E-state index in [1.165, 1.54) is 69.0 Å². The van der Waals surface area contributed by atoms with E-state index in [4.69, 9.17) is 14.7 Å². The number of aromatic nitrogens is 3. The maximum absolute atomic E-state index is 12.5. The number of aliphatic imine (C=N–C) groups is 1. The minimum Gasteiger partial charge on any atom is -0.466 e. The monoisotopic (exact) mass is 776 g/mol. The highest BCUT2D eigenvalue weighted by Gasteiger charge is 2.25. The number of hydrogen-bond donors (Lipinski definition) is 2. The number of nitrogens with one attached hydrogen (secondary N) is 2. The smallest absolute Gasteiger partial charge is 0.306 e. The van der Waals surface area contributed by atoms with Crippen molar-refractivity contribution in [2.24, 2.45) is 10.1 Å². The Bertz CT molecular complexity index is 1870. The molecule has 55 heavy (non-hydrogen) atoms. The normalized spacial score (nSPS) is 13.2. The lowest BCUT2D eigenvalue weighted by atomic mass is 10.1. The topological polar surface area (TPSA) is 160 Å². The van der Waals surface area contributed by atoms with Crippen LogP contribution in [0.4, 0.5) is 17.1 Å². The largest absolute Gasteiger partial charge is 0.466 e. The number of unbranched alkanes of at least 4 members (excludes halogenated alkanes) is 11. The molecule has 1 aromatic heterocycles. The second kappa shape index (κ2) is 22.2. The summed E-state index contributed by atoms with van der Waals surface area (Å²) in [6.45, 7) is 10.1. The number of esters is 1. The van der Waals surface area contributed by atoms with Crippen LogP contribution >= 0.6 is 0 Å². The summed E-state index contributed by atoms with van der Waals surface area (Å²) in [5.41, 5.74) is 5.37. The molecule has 0 aliphatic carbocycles. The number of sulfonamides is 1. The second-order valence-corrected chi connectivity index (χ2v) is 16.1. The predicted octanol–water partition coefficient (Wildman–Crippen LogP) is 7.95. The zero-order valence-electron chi connectivity index (χ0n) is 33.4. The van der Waals surface area contributed by atoms with Gasteiger partial charge in [-0.25, -0.2) is 23.1 Å². The zero-order valence-corrected chi connectivity index (χ0v) is 34.2. The number of carbonyl (C=O) groups is 2. The van der Waals surface area contributed by atoms with Gasteiger partial charge in [-0.3, -0.25) is 9.59 Å². The summed E-state index contributed by atoms with van der Waals surface area (Å²) in [4.78, 5) is 37.9. The molecular weight excluding hydrogens is 717 g/mol. The first-order valence-corrected chi connectivity index (χ1v) is 21.8. The minimum absolute atomic E-state index is 0.0436. The summed E-state index contributed by atoms with van der Waals surface area (Å²) in [5, 5.41) is 11.9. The molecule has 1 amide bonds. The molecule has 1 aliphatic heterocycles. The van der Waals surface area contributed by atoms with Gasteiger partial charge in [-0.15, -0.1) is 9.89 Å². The van der Waals surface area contributed by atoms with Gasteiger partial charge in [-0.1, -0.05) is 77.6 Å². The van der Waals surface area contributed by atoms with Crippen molar-refractivity contribution in [1.82, 2.24) is 19.6 Å². The summed E-state index contributed by atoms with van der Waals surface area (Å²) >= 11 is 0. The molecule has 0 atom stereocenters. The molecule has 0 radical (unpaired) electrons. The molecule has 0 fully saturated rings. The molecule has 0 saturated carbocycles. The van der Waals surface area contributed by atoms with Gasteiger partial charge in [0, 0.05) is 43.0 Å². The van der Waals surface area contributed by atoms with Crippen molar-refractivity contribution in [3.63, 3.8) is 0 Å². The van der Waals surface area contributed by atoms with Gasteiger partial charge in [-0.05, 0) is 75.2 Å². The highest BCUT2D eigenvalue weighted by Crippen LogP contribution is 2.28. The van der Waals surface area contributed by atoms with Crippen LogP contribution in [-0.4, -0.2) is 79.1 Å². The Kier molecular flexibility index (Phi) is 17.5. The summed E-state index contributed by atoms with van der Waals surface area (Å²) in [6.07, 6.45) is 16.3. The van der Waals surface area contributed by atoms with E-state index in [9.17, 15) is 18.0 Å². The Balaban J connectivity index is 1.20. The van der Waals surface area contributed by atoms with Gasteiger partial charge in [0.25, 0.3) is 0 Å². The maximum atomic E-state index is 12.5. The zero-order chi connectivity index (χ0) is 39.6. The van der Waals surface area contributed by atoms with Crippen molar-refractivity contribution in [1.29, 1.82) is 0 Å². The van der Waals surface area contributed by atoms with E-state index in [2.05, 4.69) is 32.1 Å². The Morgan fingerprint density at radius 3 is 2.15 bits per heavy atom. The third-order valence-electron chi connectivity index (χ3n) is 9.54. The summed E-state index contributed by atoms with van der Waals surface area (Å²) in [7, 11) is -3.25. The summed E-state index contributed by atoms with van der Waals surface area (Å²) in [6, 6.07) is 13.1. The number of fused-ring (bicyclic) bond motifs is 1. The van der Waals surface area contributed by atoms with Crippen LogP contribution in [-0.2, 0) is 24.3 Å². The average molecular weight is 777 g/mol. The van der Waals surface area contributed by atoms with Crippen LogP contribution in [0, 0.1) is 6.92 Å². The molecule has 1 aliphatic rings. The highest BCUT2D eigenvalue weighted by molar-refractivity contribution is 7.88. The SMILES string of the molecule is CCCCCCCCCCCCCCOC(=O)CCC(=O)Nc1ccc(-c2nc3n(n2)N=C(C)C3=Nc2ccc(N(CC)CCNS(C)(=O)=O)cc2C)cc1. The standard InChI is InChI=1S/C41H60N8O5S/c1-6-8-9-10-11-12-13-14-15-16-17-18-29-54-38(51)26-25-37(50)43-34-21-19-33(20-22-34)40-45-41-39(32(4)46-49(41)47-40)44-36-24-23-35(30-31(36)3)48(7-2)28-27-42-55(5,52)53/h19-24,30,42H,6-18,25-29H2,1-5H3,(H,43,50). The van der Waals surface area contributed by atoms with Crippen LogP contribution in [0.15, 0.2) is 52.6 Å². The lowest BCUT2D eigenvalue weighted by molar-refractivity contribution is -0.144. The molecule has 2 N–H and O–H groups in total. The molecule has 2 aromatic carbocycles. The van der Waals surface area contributed by atoms with Crippen LogP contribution in [0.2, 0.25) is 0 Å². The number of likely N-dealkylation sites (N-methyl/N-ethyl adjacent to an activating group) is 1. The molecule has 0 unspecified atom stereocenters. The lowest BCUT2D eigenvalue weighted by Crippen LogP contribution is -2.34. The first kappa shape index (κ1) is 43.3. The predicted molar refractivity (Wildman–Crippen MR) is 222 cm³/mol. The highest BCUT2D eigenvalue weighted by atomic mass is 32.2. The molecule has 0 bridgehead atoms. The number of nitrogens with zero attached hydrogens (tertiary/aromatic N) is 6. The fraction of sp³-hybridized carbons (Fsp3) is 0.561. The molecule has 13 nitrogen and oxygen atoms in total. The summed E-state index contributed by atoms with van der Waals surface area (Å²) in [5.74, 6) is 0.400. The number of benzene rings is 2. The fourth-order valence-electron chi connectivity index (χ4n) is 6.39. The molecule has 4 rings (SSSR count). The van der Waals surface area contributed by atoms with E-state index >= 15 is 0 Å². The Hall–Kier alpha value is -4.43. The average Bonchev–Trinajstić information content (AvgIpc) is 3.69. The van der Waals surface area contributed by atoms with Crippen molar-refractivity contribution in [2.75, 3.05) is 42.7 Å². The van der Waals surface area contributed by atoms with Gasteiger partial charge in [0.1, 0.15) is 5.71 Å².